The standard InChI is InChI=1S/C12H19N3O/c1-8-11(5-6-14-2)16-12-7-9(13)3-4-10(12)15-8/h3-4,7-8,11,14-15H,5-6,13H2,1-2H3. The van der Waals surface area contributed by atoms with Crippen molar-refractivity contribution in [3.05, 3.63) is 18.2 Å². The summed E-state index contributed by atoms with van der Waals surface area (Å²) in [4.78, 5) is 0. The molecule has 4 N–H and O–H groups in total. The Kier molecular flexibility index (Phi) is 3.19. The van der Waals surface area contributed by atoms with Crippen LogP contribution in [0.1, 0.15) is 13.3 Å². The third-order valence-corrected chi connectivity index (χ3v) is 2.90. The second-order valence-corrected chi connectivity index (χ2v) is 4.24. The third kappa shape index (κ3) is 2.22. The minimum atomic E-state index is 0.196. The van der Waals surface area contributed by atoms with Crippen molar-refractivity contribution in [3.63, 3.8) is 0 Å². The molecule has 4 nitrogen and oxygen atoms in total. The number of nitrogens with two attached hydrogens (primary N) is 1. The quantitative estimate of drug-likeness (QED) is 0.676. The predicted octanol–water partition coefficient (Wildman–Crippen LogP) is 1.44. The second-order valence-electron chi connectivity index (χ2n) is 4.24. The van der Waals surface area contributed by atoms with E-state index in [2.05, 4.69) is 17.6 Å². The highest BCUT2D eigenvalue weighted by Gasteiger charge is 2.25. The maximum absolute atomic E-state index is 5.94. The number of ether oxygens (including phenoxy) is 1. The normalized spacial score (nSPS) is 23.1. The summed E-state index contributed by atoms with van der Waals surface area (Å²) in [7, 11) is 1.95. The molecule has 2 unspecified atom stereocenters. The van der Waals surface area contributed by atoms with Crippen LogP contribution in [-0.4, -0.2) is 25.7 Å². The van der Waals surface area contributed by atoms with E-state index >= 15 is 0 Å². The molecule has 1 heterocycles. The maximum atomic E-state index is 5.94. The molecule has 0 bridgehead atoms. The van der Waals surface area contributed by atoms with Gasteiger partial charge in [-0.25, -0.2) is 0 Å². The molecule has 0 aromatic heterocycles. The van der Waals surface area contributed by atoms with Crippen molar-refractivity contribution in [2.45, 2.75) is 25.5 Å². The summed E-state index contributed by atoms with van der Waals surface area (Å²) in [6.07, 6.45) is 1.18. The number of rotatable bonds is 3. The Labute approximate surface area is 96.2 Å². The lowest BCUT2D eigenvalue weighted by molar-refractivity contribution is 0.165. The van der Waals surface area contributed by atoms with Crippen LogP contribution in [0.25, 0.3) is 0 Å². The van der Waals surface area contributed by atoms with Crippen molar-refractivity contribution in [1.82, 2.24) is 5.32 Å². The van der Waals surface area contributed by atoms with Crippen LogP contribution >= 0.6 is 0 Å². The van der Waals surface area contributed by atoms with Crippen molar-refractivity contribution >= 4 is 11.4 Å². The van der Waals surface area contributed by atoms with E-state index in [9.17, 15) is 0 Å². The van der Waals surface area contributed by atoms with Crippen LogP contribution in [0.3, 0.4) is 0 Å². The summed E-state index contributed by atoms with van der Waals surface area (Å²) in [5, 5.41) is 6.58. The van der Waals surface area contributed by atoms with E-state index in [1.807, 2.05) is 25.2 Å². The highest BCUT2D eigenvalue weighted by Crippen LogP contribution is 2.33. The van der Waals surface area contributed by atoms with Crippen LogP contribution in [0.5, 0.6) is 5.75 Å². The molecule has 4 heteroatoms. The van der Waals surface area contributed by atoms with Gasteiger partial charge < -0.3 is 21.1 Å². The Balaban J connectivity index is 2.13. The fourth-order valence-corrected chi connectivity index (χ4v) is 1.95. The molecule has 88 valence electrons. The molecule has 2 rings (SSSR count). The first kappa shape index (κ1) is 11.1. The molecule has 1 aliphatic heterocycles. The molecule has 1 aromatic rings. The average Bonchev–Trinajstić information content (AvgIpc) is 2.27. The van der Waals surface area contributed by atoms with E-state index in [4.69, 9.17) is 10.5 Å². The van der Waals surface area contributed by atoms with E-state index in [0.29, 0.717) is 6.04 Å². The monoisotopic (exact) mass is 221 g/mol. The first-order valence-electron chi connectivity index (χ1n) is 5.68. The number of nitrogen functional groups attached to an aromatic ring is 1. The Hall–Kier alpha value is -1.42. The fourth-order valence-electron chi connectivity index (χ4n) is 1.95. The molecule has 0 aliphatic carbocycles. The van der Waals surface area contributed by atoms with Gasteiger partial charge in [0.2, 0.25) is 0 Å². The van der Waals surface area contributed by atoms with Crippen LogP contribution in [0, 0.1) is 0 Å². The Morgan fingerprint density at radius 1 is 1.50 bits per heavy atom. The molecule has 16 heavy (non-hydrogen) atoms. The van der Waals surface area contributed by atoms with Crippen LogP contribution in [0.15, 0.2) is 18.2 Å². The highest BCUT2D eigenvalue weighted by atomic mass is 16.5. The average molecular weight is 221 g/mol. The number of fused-ring (bicyclic) bond motifs is 1. The zero-order valence-corrected chi connectivity index (χ0v) is 9.79. The highest BCUT2D eigenvalue weighted by molar-refractivity contribution is 5.64. The van der Waals surface area contributed by atoms with Crippen LogP contribution in [-0.2, 0) is 0 Å². The number of hydrogen-bond donors (Lipinski definition) is 3. The van der Waals surface area contributed by atoms with E-state index in [1.165, 1.54) is 0 Å². The summed E-state index contributed by atoms with van der Waals surface area (Å²) < 4.78 is 5.94. The third-order valence-electron chi connectivity index (χ3n) is 2.90. The summed E-state index contributed by atoms with van der Waals surface area (Å²) in [5.74, 6) is 0.860. The molecule has 0 amide bonds. The lowest BCUT2D eigenvalue weighted by atomic mass is 10.1. The second kappa shape index (κ2) is 4.61. The largest absolute Gasteiger partial charge is 0.486 e. The van der Waals surface area contributed by atoms with Crippen LogP contribution in [0.4, 0.5) is 11.4 Å². The number of nitrogens with one attached hydrogen (secondary N) is 2. The van der Waals surface area contributed by atoms with Crippen LogP contribution < -0.4 is 21.1 Å². The summed E-state index contributed by atoms with van der Waals surface area (Å²) >= 11 is 0. The van der Waals surface area contributed by atoms with E-state index in [1.54, 1.807) is 0 Å². The van der Waals surface area contributed by atoms with Crippen molar-refractivity contribution in [2.75, 3.05) is 24.6 Å². The molecule has 0 spiro atoms. The van der Waals surface area contributed by atoms with Gasteiger partial charge in [0, 0.05) is 11.8 Å². The van der Waals surface area contributed by atoms with Gasteiger partial charge in [0.05, 0.1) is 11.7 Å². The van der Waals surface area contributed by atoms with Gasteiger partial charge in [-0.05, 0) is 39.1 Å². The number of hydrogen-bond acceptors (Lipinski definition) is 4. The lowest BCUT2D eigenvalue weighted by Gasteiger charge is -2.33. The van der Waals surface area contributed by atoms with Crippen molar-refractivity contribution < 1.29 is 4.74 Å². The van der Waals surface area contributed by atoms with Gasteiger partial charge in [0.15, 0.2) is 0 Å². The molecule has 1 aliphatic rings. The lowest BCUT2D eigenvalue weighted by Crippen LogP contribution is -2.40. The molecule has 0 radical (unpaired) electrons. The summed E-state index contributed by atoms with van der Waals surface area (Å²) in [6, 6.07) is 6.05. The predicted molar refractivity (Wildman–Crippen MR) is 66.9 cm³/mol. The number of benzene rings is 1. The maximum Gasteiger partial charge on any atom is 0.144 e. The van der Waals surface area contributed by atoms with Crippen molar-refractivity contribution in [1.29, 1.82) is 0 Å². The van der Waals surface area contributed by atoms with Gasteiger partial charge in [-0.1, -0.05) is 0 Å². The van der Waals surface area contributed by atoms with Gasteiger partial charge in [-0.15, -0.1) is 0 Å². The number of anilines is 2. The summed E-state index contributed by atoms with van der Waals surface area (Å²) in [5.41, 5.74) is 7.51. The molecule has 0 fully saturated rings. The van der Waals surface area contributed by atoms with E-state index in [-0.39, 0.29) is 6.10 Å². The van der Waals surface area contributed by atoms with E-state index in [0.717, 1.165) is 30.1 Å². The molecular weight excluding hydrogens is 202 g/mol. The Morgan fingerprint density at radius 2 is 2.31 bits per heavy atom. The van der Waals surface area contributed by atoms with Crippen molar-refractivity contribution in [2.24, 2.45) is 0 Å². The molecule has 2 atom stereocenters. The molecule has 0 saturated heterocycles. The molecule has 1 aromatic carbocycles. The Bertz CT molecular complexity index is 367. The van der Waals surface area contributed by atoms with Gasteiger partial charge in [-0.2, -0.15) is 0 Å². The first-order valence-corrected chi connectivity index (χ1v) is 5.68. The van der Waals surface area contributed by atoms with Crippen molar-refractivity contribution in [3.8, 4) is 5.75 Å². The Morgan fingerprint density at radius 3 is 3.06 bits per heavy atom. The zero-order valence-electron chi connectivity index (χ0n) is 9.79. The fraction of sp³-hybridized carbons (Fsp3) is 0.500. The van der Waals surface area contributed by atoms with Gasteiger partial charge in [0.1, 0.15) is 11.9 Å². The molecule has 0 saturated carbocycles. The van der Waals surface area contributed by atoms with Gasteiger partial charge in [-0.3, -0.25) is 0 Å². The zero-order chi connectivity index (χ0) is 11.5. The smallest absolute Gasteiger partial charge is 0.144 e. The van der Waals surface area contributed by atoms with Gasteiger partial charge >= 0.3 is 0 Å². The van der Waals surface area contributed by atoms with Crippen LogP contribution in [0.2, 0.25) is 0 Å². The van der Waals surface area contributed by atoms with E-state index < -0.39 is 0 Å². The topological polar surface area (TPSA) is 59.3 Å². The minimum absolute atomic E-state index is 0.196. The first-order chi connectivity index (χ1) is 7.70. The molecular formula is C12H19N3O. The summed E-state index contributed by atoms with van der Waals surface area (Å²) in [6.45, 7) is 3.09. The minimum Gasteiger partial charge on any atom is -0.486 e. The van der Waals surface area contributed by atoms with Gasteiger partial charge in [0.25, 0.3) is 0 Å². The SMILES string of the molecule is CNCCC1Oc2cc(N)ccc2NC1C.